The molecule has 24 heavy (non-hydrogen) atoms. The lowest BCUT2D eigenvalue weighted by Gasteiger charge is -2.34. The second kappa shape index (κ2) is 6.37. The molecule has 0 bridgehead atoms. The van der Waals surface area contributed by atoms with E-state index in [0.717, 1.165) is 29.7 Å². The van der Waals surface area contributed by atoms with Crippen LogP contribution in [-0.4, -0.2) is 0 Å². The van der Waals surface area contributed by atoms with Gasteiger partial charge in [0.15, 0.2) is 0 Å². The molecule has 4 rings (SSSR count). The van der Waals surface area contributed by atoms with Crippen LogP contribution in [0.1, 0.15) is 42.7 Å². The number of hydrogen-bond acceptors (Lipinski definition) is 2. The van der Waals surface area contributed by atoms with Crippen molar-refractivity contribution in [3.8, 4) is 6.07 Å². The van der Waals surface area contributed by atoms with E-state index >= 15 is 0 Å². The predicted molar refractivity (Wildman–Crippen MR) is 96.8 cm³/mol. The Morgan fingerprint density at radius 1 is 0.875 bits per heavy atom. The number of nitriles is 1. The molecule has 1 heterocycles. The smallest absolute Gasteiger partial charge is 0.0979 e. The number of nitrogens with zero attached hydrogens (tertiary/aromatic N) is 1. The highest BCUT2D eigenvalue weighted by Crippen LogP contribution is 2.44. The summed E-state index contributed by atoms with van der Waals surface area (Å²) in [6.07, 6.45) is 4.59. The lowest BCUT2D eigenvalue weighted by atomic mass is 9.75. The van der Waals surface area contributed by atoms with Crippen molar-refractivity contribution in [3.05, 3.63) is 88.6 Å². The Morgan fingerprint density at radius 3 is 2.25 bits per heavy atom. The van der Waals surface area contributed by atoms with Gasteiger partial charge in [-0.3, -0.25) is 0 Å². The fourth-order valence-electron chi connectivity index (χ4n) is 3.89. The first-order valence-corrected chi connectivity index (χ1v) is 8.62. The average Bonchev–Trinajstić information content (AvgIpc) is 2.67. The minimum atomic E-state index is 0.0861. The molecule has 0 amide bonds. The quantitative estimate of drug-likeness (QED) is 0.833. The maximum atomic E-state index is 9.97. The molecule has 0 radical (unpaired) electrons. The number of nitrogens with one attached hydrogen (secondary N) is 1. The van der Waals surface area contributed by atoms with E-state index in [1.54, 1.807) is 0 Å². The second-order valence-corrected chi connectivity index (χ2v) is 6.45. The standard InChI is InChI=1S/C22H20N2/c23-15-19-21(16-9-3-1-4-10-16)18-13-7-8-14-20(18)24-22(19)17-11-5-2-6-12-17/h1-6,9-12,21,24H,7-8,13-14H2. The molecular weight excluding hydrogens is 292 g/mol. The van der Waals surface area contributed by atoms with Gasteiger partial charge in [-0.25, -0.2) is 0 Å². The molecule has 1 aliphatic carbocycles. The summed E-state index contributed by atoms with van der Waals surface area (Å²) in [5.74, 6) is 0.0861. The summed E-state index contributed by atoms with van der Waals surface area (Å²) < 4.78 is 0. The minimum absolute atomic E-state index is 0.0861. The summed E-state index contributed by atoms with van der Waals surface area (Å²) >= 11 is 0. The molecule has 1 N–H and O–H groups in total. The highest BCUT2D eigenvalue weighted by Gasteiger charge is 2.32. The van der Waals surface area contributed by atoms with Crippen molar-refractivity contribution in [1.82, 2.24) is 5.32 Å². The molecule has 0 fully saturated rings. The van der Waals surface area contributed by atoms with Gasteiger partial charge in [-0.05, 0) is 42.4 Å². The number of allylic oxidation sites excluding steroid dienone is 3. The van der Waals surface area contributed by atoms with Crippen LogP contribution in [0.5, 0.6) is 0 Å². The Balaban J connectivity index is 1.91. The molecule has 1 aliphatic heterocycles. The highest BCUT2D eigenvalue weighted by molar-refractivity contribution is 5.76. The first kappa shape index (κ1) is 14.8. The van der Waals surface area contributed by atoms with Gasteiger partial charge in [-0.1, -0.05) is 60.7 Å². The molecule has 0 saturated heterocycles. The Hall–Kier alpha value is -2.79. The Kier molecular flexibility index (Phi) is 3.92. The van der Waals surface area contributed by atoms with Gasteiger partial charge in [0.05, 0.1) is 17.3 Å². The van der Waals surface area contributed by atoms with E-state index in [0.29, 0.717) is 0 Å². The zero-order valence-corrected chi connectivity index (χ0v) is 13.6. The summed E-state index contributed by atoms with van der Waals surface area (Å²) in [5.41, 5.74) is 6.86. The molecule has 2 nitrogen and oxygen atoms in total. The number of hydrogen-bond donors (Lipinski definition) is 1. The van der Waals surface area contributed by atoms with Crippen molar-refractivity contribution in [2.45, 2.75) is 31.6 Å². The molecule has 2 aromatic carbocycles. The lowest BCUT2D eigenvalue weighted by Crippen LogP contribution is -2.27. The van der Waals surface area contributed by atoms with Gasteiger partial charge in [-0.15, -0.1) is 0 Å². The fourth-order valence-corrected chi connectivity index (χ4v) is 3.89. The van der Waals surface area contributed by atoms with Crippen LogP contribution in [-0.2, 0) is 0 Å². The maximum absolute atomic E-state index is 9.97. The third-order valence-electron chi connectivity index (χ3n) is 5.01. The first-order valence-electron chi connectivity index (χ1n) is 8.62. The zero-order valence-electron chi connectivity index (χ0n) is 13.6. The normalized spacial score (nSPS) is 20.2. The SMILES string of the molecule is N#CC1=C(c2ccccc2)NC2=C(CCCC2)C1c1ccccc1. The van der Waals surface area contributed by atoms with Crippen molar-refractivity contribution in [2.24, 2.45) is 0 Å². The molecule has 1 atom stereocenters. The van der Waals surface area contributed by atoms with Crippen molar-refractivity contribution >= 4 is 5.70 Å². The van der Waals surface area contributed by atoms with Gasteiger partial charge in [0.2, 0.25) is 0 Å². The number of dihydropyridines is 1. The van der Waals surface area contributed by atoms with E-state index in [1.807, 2.05) is 24.3 Å². The minimum Gasteiger partial charge on any atom is -0.358 e. The topological polar surface area (TPSA) is 35.8 Å². The molecule has 2 heteroatoms. The molecule has 2 aliphatic rings. The fraction of sp³-hybridized carbons (Fsp3) is 0.227. The Labute approximate surface area is 143 Å². The highest BCUT2D eigenvalue weighted by atomic mass is 14.9. The van der Waals surface area contributed by atoms with E-state index in [9.17, 15) is 5.26 Å². The van der Waals surface area contributed by atoms with Crippen molar-refractivity contribution in [1.29, 1.82) is 5.26 Å². The van der Waals surface area contributed by atoms with Crippen molar-refractivity contribution < 1.29 is 0 Å². The summed E-state index contributed by atoms with van der Waals surface area (Å²) in [6.45, 7) is 0. The van der Waals surface area contributed by atoms with Crippen LogP contribution in [0.25, 0.3) is 5.70 Å². The van der Waals surface area contributed by atoms with Crippen LogP contribution in [0.4, 0.5) is 0 Å². The van der Waals surface area contributed by atoms with Gasteiger partial charge in [0.1, 0.15) is 0 Å². The van der Waals surface area contributed by atoms with Crippen molar-refractivity contribution in [3.63, 3.8) is 0 Å². The van der Waals surface area contributed by atoms with Gasteiger partial charge < -0.3 is 5.32 Å². The maximum Gasteiger partial charge on any atom is 0.0979 e. The van der Waals surface area contributed by atoms with Gasteiger partial charge in [-0.2, -0.15) is 5.26 Å². The largest absolute Gasteiger partial charge is 0.358 e. The van der Waals surface area contributed by atoms with E-state index in [-0.39, 0.29) is 5.92 Å². The molecule has 118 valence electrons. The van der Waals surface area contributed by atoms with E-state index in [1.165, 1.54) is 29.7 Å². The molecule has 2 aromatic rings. The van der Waals surface area contributed by atoms with E-state index in [2.05, 4.69) is 47.8 Å². The molecular formula is C22H20N2. The molecule has 0 spiro atoms. The van der Waals surface area contributed by atoms with Crippen molar-refractivity contribution in [2.75, 3.05) is 0 Å². The Bertz CT molecular complexity index is 839. The van der Waals surface area contributed by atoms with E-state index < -0.39 is 0 Å². The third-order valence-corrected chi connectivity index (χ3v) is 5.01. The summed E-state index contributed by atoms with van der Waals surface area (Å²) in [5, 5.41) is 13.6. The first-order chi connectivity index (χ1) is 11.9. The monoisotopic (exact) mass is 312 g/mol. The van der Waals surface area contributed by atoms with Crippen LogP contribution in [0.2, 0.25) is 0 Å². The van der Waals surface area contributed by atoms with Crippen LogP contribution in [0.15, 0.2) is 77.5 Å². The summed E-state index contributed by atoms with van der Waals surface area (Å²) in [6, 6.07) is 23.2. The van der Waals surface area contributed by atoms with Crippen LogP contribution in [0.3, 0.4) is 0 Å². The molecule has 1 unspecified atom stereocenters. The van der Waals surface area contributed by atoms with Crippen LogP contribution < -0.4 is 5.32 Å². The van der Waals surface area contributed by atoms with Crippen LogP contribution >= 0.6 is 0 Å². The summed E-state index contributed by atoms with van der Waals surface area (Å²) in [7, 11) is 0. The Morgan fingerprint density at radius 2 is 1.54 bits per heavy atom. The zero-order chi connectivity index (χ0) is 16.4. The van der Waals surface area contributed by atoms with Gasteiger partial charge in [0.25, 0.3) is 0 Å². The lowest BCUT2D eigenvalue weighted by molar-refractivity contribution is 0.609. The second-order valence-electron chi connectivity index (χ2n) is 6.45. The predicted octanol–water partition coefficient (Wildman–Crippen LogP) is 5.14. The number of rotatable bonds is 2. The number of benzene rings is 2. The van der Waals surface area contributed by atoms with Gasteiger partial charge >= 0.3 is 0 Å². The van der Waals surface area contributed by atoms with Crippen LogP contribution in [0, 0.1) is 11.3 Å². The molecule has 0 aromatic heterocycles. The molecule has 0 saturated carbocycles. The average molecular weight is 312 g/mol. The summed E-state index contributed by atoms with van der Waals surface area (Å²) in [4.78, 5) is 0. The third kappa shape index (κ3) is 2.53. The van der Waals surface area contributed by atoms with E-state index in [4.69, 9.17) is 0 Å². The van der Waals surface area contributed by atoms with Gasteiger partial charge in [0, 0.05) is 11.6 Å².